The van der Waals surface area contributed by atoms with Gasteiger partial charge in [0.2, 0.25) is 0 Å². The third-order valence-electron chi connectivity index (χ3n) is 5.51. The molecule has 3 atom stereocenters. The lowest BCUT2D eigenvalue weighted by molar-refractivity contribution is 0.373. The molecule has 0 aliphatic carbocycles. The summed E-state index contributed by atoms with van der Waals surface area (Å²) in [7, 11) is 0. The van der Waals surface area contributed by atoms with E-state index in [1.165, 1.54) is 27.5 Å². The van der Waals surface area contributed by atoms with Crippen molar-refractivity contribution in [1.82, 2.24) is 4.98 Å². The maximum absolute atomic E-state index is 5.00. The first kappa shape index (κ1) is 18.6. The minimum atomic E-state index is 0.451. The number of aryl methyl sites for hydroxylation is 1. The van der Waals surface area contributed by atoms with E-state index in [0.717, 1.165) is 6.54 Å². The first-order valence-electron chi connectivity index (χ1n) is 9.09. The van der Waals surface area contributed by atoms with Gasteiger partial charge in [0.25, 0.3) is 0 Å². The van der Waals surface area contributed by atoms with Crippen LogP contribution in [-0.4, -0.2) is 22.8 Å². The van der Waals surface area contributed by atoms with Crippen LogP contribution in [-0.2, 0) is 0 Å². The molecule has 0 unspecified atom stereocenters. The average Bonchev–Trinajstić information content (AvgIpc) is 2.47. The SMILES string of the molecule is Cc1nc(C(C)C)c2c(c1C)S[C@@H](C)[C@@H](C)[C@@H](C)CN2C(C)C. The van der Waals surface area contributed by atoms with Gasteiger partial charge in [-0.1, -0.05) is 34.6 Å². The smallest absolute Gasteiger partial charge is 0.0731 e. The van der Waals surface area contributed by atoms with Crippen molar-refractivity contribution in [2.45, 2.75) is 84.4 Å². The molecule has 0 N–H and O–H groups in total. The molecule has 2 rings (SSSR count). The maximum atomic E-state index is 5.00. The zero-order chi connectivity index (χ0) is 17.5. The lowest BCUT2D eigenvalue weighted by atomic mass is 9.91. The summed E-state index contributed by atoms with van der Waals surface area (Å²) in [6, 6.07) is 0.499. The van der Waals surface area contributed by atoms with Crippen molar-refractivity contribution in [3.63, 3.8) is 0 Å². The number of hydrogen-bond acceptors (Lipinski definition) is 3. The summed E-state index contributed by atoms with van der Waals surface area (Å²) in [5.41, 5.74) is 5.25. The van der Waals surface area contributed by atoms with Gasteiger partial charge in [-0.25, -0.2) is 0 Å². The molecule has 0 fully saturated rings. The molecule has 0 saturated carbocycles. The maximum Gasteiger partial charge on any atom is 0.0731 e. The van der Waals surface area contributed by atoms with Gasteiger partial charge in [0.15, 0.2) is 0 Å². The van der Waals surface area contributed by atoms with Crippen LogP contribution in [0.5, 0.6) is 0 Å². The minimum absolute atomic E-state index is 0.451. The van der Waals surface area contributed by atoms with Crippen LogP contribution < -0.4 is 4.90 Å². The van der Waals surface area contributed by atoms with Crippen molar-refractivity contribution in [3.05, 3.63) is 17.0 Å². The Hall–Kier alpha value is -0.700. The molecule has 0 radical (unpaired) electrons. The Morgan fingerprint density at radius 3 is 2.22 bits per heavy atom. The van der Waals surface area contributed by atoms with Crippen molar-refractivity contribution in [3.8, 4) is 0 Å². The van der Waals surface area contributed by atoms with Crippen LogP contribution in [0.4, 0.5) is 5.69 Å². The molecule has 2 nitrogen and oxygen atoms in total. The molecule has 1 aliphatic rings. The van der Waals surface area contributed by atoms with Gasteiger partial charge in [0.05, 0.1) is 11.4 Å². The van der Waals surface area contributed by atoms with Gasteiger partial charge in [-0.15, -0.1) is 11.8 Å². The van der Waals surface area contributed by atoms with E-state index in [0.29, 0.717) is 29.0 Å². The highest BCUT2D eigenvalue weighted by Gasteiger charge is 2.32. The Morgan fingerprint density at radius 2 is 1.70 bits per heavy atom. The fourth-order valence-corrected chi connectivity index (χ4v) is 4.91. The third-order valence-corrected chi connectivity index (χ3v) is 7.05. The summed E-state index contributed by atoms with van der Waals surface area (Å²) in [6.45, 7) is 21.9. The third kappa shape index (κ3) is 3.55. The molecule has 0 bridgehead atoms. The van der Waals surface area contributed by atoms with E-state index in [2.05, 4.69) is 79.0 Å². The van der Waals surface area contributed by atoms with Crippen LogP contribution in [0.2, 0.25) is 0 Å². The molecule has 2 heterocycles. The summed E-state index contributed by atoms with van der Waals surface area (Å²) in [6.07, 6.45) is 0. The summed E-state index contributed by atoms with van der Waals surface area (Å²) >= 11 is 2.07. The highest BCUT2D eigenvalue weighted by atomic mass is 32.2. The fraction of sp³-hybridized carbons (Fsp3) is 0.750. The number of pyridine rings is 1. The number of hydrogen-bond donors (Lipinski definition) is 0. The van der Waals surface area contributed by atoms with Gasteiger partial charge in [0.1, 0.15) is 0 Å². The summed E-state index contributed by atoms with van der Waals surface area (Å²) < 4.78 is 0. The molecule has 0 aromatic carbocycles. The molecular weight excluding hydrogens is 300 g/mol. The molecule has 0 saturated heterocycles. The number of anilines is 1. The van der Waals surface area contributed by atoms with Crippen molar-refractivity contribution >= 4 is 17.4 Å². The first-order chi connectivity index (χ1) is 10.6. The number of fused-ring (bicyclic) bond motifs is 1. The van der Waals surface area contributed by atoms with E-state index < -0.39 is 0 Å². The second kappa shape index (κ2) is 7.04. The van der Waals surface area contributed by atoms with Crippen LogP contribution in [0, 0.1) is 25.7 Å². The largest absolute Gasteiger partial charge is 0.366 e. The number of thioether (sulfide) groups is 1. The molecule has 23 heavy (non-hydrogen) atoms. The quantitative estimate of drug-likeness (QED) is 0.679. The highest BCUT2D eigenvalue weighted by molar-refractivity contribution is 8.00. The van der Waals surface area contributed by atoms with Crippen molar-refractivity contribution in [1.29, 1.82) is 0 Å². The fourth-order valence-electron chi connectivity index (χ4n) is 3.39. The second-order valence-corrected chi connectivity index (χ2v) is 9.33. The van der Waals surface area contributed by atoms with Gasteiger partial charge < -0.3 is 4.90 Å². The Morgan fingerprint density at radius 1 is 1.09 bits per heavy atom. The lowest BCUT2D eigenvalue weighted by Crippen LogP contribution is -2.40. The Labute approximate surface area is 147 Å². The monoisotopic (exact) mass is 334 g/mol. The zero-order valence-corrected chi connectivity index (χ0v) is 17.2. The lowest BCUT2D eigenvalue weighted by Gasteiger charge is -2.41. The predicted octanol–water partition coefficient (Wildman–Crippen LogP) is 5.80. The van der Waals surface area contributed by atoms with Crippen molar-refractivity contribution < 1.29 is 0 Å². The highest BCUT2D eigenvalue weighted by Crippen LogP contribution is 2.46. The van der Waals surface area contributed by atoms with Gasteiger partial charge in [-0.2, -0.15) is 0 Å². The number of nitrogens with zero attached hydrogens (tertiary/aromatic N) is 2. The van der Waals surface area contributed by atoms with Crippen LogP contribution in [0.3, 0.4) is 0 Å². The van der Waals surface area contributed by atoms with Gasteiger partial charge >= 0.3 is 0 Å². The Bertz CT molecular complexity index is 565. The average molecular weight is 335 g/mol. The molecule has 1 aromatic heterocycles. The van der Waals surface area contributed by atoms with Crippen LogP contribution in [0.25, 0.3) is 0 Å². The van der Waals surface area contributed by atoms with Gasteiger partial charge in [-0.3, -0.25) is 4.98 Å². The standard InChI is InChI=1S/C20H34N2S/c1-11(2)18-19-20(15(7)16(8)21-18)23-17(9)14(6)13(5)10-22(19)12(3)4/h11-14,17H,10H2,1-9H3/t13-,14-,17-/m0/s1. The normalized spacial score (nSPS) is 25.5. The van der Waals surface area contributed by atoms with Crippen molar-refractivity contribution in [2.24, 2.45) is 11.8 Å². The van der Waals surface area contributed by atoms with E-state index in [4.69, 9.17) is 4.98 Å². The molecule has 130 valence electrons. The van der Waals surface area contributed by atoms with Gasteiger partial charge in [0, 0.05) is 28.4 Å². The van der Waals surface area contributed by atoms with Crippen LogP contribution in [0.15, 0.2) is 4.90 Å². The zero-order valence-electron chi connectivity index (χ0n) is 16.4. The molecular formula is C20H34N2S. The molecule has 3 heteroatoms. The first-order valence-corrected chi connectivity index (χ1v) is 9.97. The summed E-state index contributed by atoms with van der Waals surface area (Å²) in [4.78, 5) is 9.09. The van der Waals surface area contributed by atoms with E-state index in [9.17, 15) is 0 Å². The number of aromatic nitrogens is 1. The minimum Gasteiger partial charge on any atom is -0.366 e. The van der Waals surface area contributed by atoms with E-state index in [1.54, 1.807) is 0 Å². The van der Waals surface area contributed by atoms with Crippen LogP contribution in [0.1, 0.15) is 71.3 Å². The molecule has 0 amide bonds. The van der Waals surface area contributed by atoms with E-state index in [-0.39, 0.29) is 0 Å². The summed E-state index contributed by atoms with van der Waals surface area (Å²) in [5.74, 6) is 1.85. The number of rotatable bonds is 2. The van der Waals surface area contributed by atoms with Crippen LogP contribution >= 0.6 is 11.8 Å². The van der Waals surface area contributed by atoms with E-state index >= 15 is 0 Å². The van der Waals surface area contributed by atoms with E-state index in [1.807, 2.05) is 0 Å². The van der Waals surface area contributed by atoms with Gasteiger partial charge in [-0.05, 0) is 51.0 Å². The predicted molar refractivity (Wildman–Crippen MR) is 104 cm³/mol. The molecule has 1 aromatic rings. The second-order valence-electron chi connectivity index (χ2n) is 7.95. The summed E-state index contributed by atoms with van der Waals surface area (Å²) in [5, 5.41) is 0.638. The Kier molecular flexibility index (Phi) is 5.71. The molecule has 1 aliphatic heterocycles. The topological polar surface area (TPSA) is 16.1 Å². The van der Waals surface area contributed by atoms with Crippen molar-refractivity contribution in [2.75, 3.05) is 11.4 Å². The Balaban J connectivity index is 2.74. The molecule has 0 spiro atoms.